The Kier molecular flexibility index (Phi) is 6.57. The third-order valence-corrected chi connectivity index (χ3v) is 5.20. The molecule has 8 heteroatoms. The summed E-state index contributed by atoms with van der Waals surface area (Å²) in [7, 11) is -4.08. The van der Waals surface area contributed by atoms with Crippen molar-refractivity contribution < 1.29 is 27.1 Å². The first-order valence-corrected chi connectivity index (χ1v) is 9.49. The Hall–Kier alpha value is -2.61. The van der Waals surface area contributed by atoms with E-state index < -0.39 is 28.4 Å². The summed E-state index contributed by atoms with van der Waals surface area (Å²) in [5, 5.41) is 0. The van der Waals surface area contributed by atoms with E-state index in [9.17, 15) is 17.6 Å². The molecule has 0 radical (unpaired) electrons. The molecule has 0 atom stereocenters. The summed E-state index contributed by atoms with van der Waals surface area (Å²) in [5.41, 5.74) is 0.269. The van der Waals surface area contributed by atoms with E-state index in [1.165, 1.54) is 12.1 Å². The monoisotopic (exact) mass is 381 g/mol. The van der Waals surface area contributed by atoms with Gasteiger partial charge in [0, 0.05) is 0 Å². The number of halogens is 1. The van der Waals surface area contributed by atoms with Crippen molar-refractivity contribution in [2.75, 3.05) is 24.1 Å². The lowest BCUT2D eigenvalue weighted by atomic mass is 10.3. The maximum atomic E-state index is 13.1. The van der Waals surface area contributed by atoms with E-state index in [-0.39, 0.29) is 17.2 Å². The van der Waals surface area contributed by atoms with Crippen LogP contribution in [0, 0.1) is 5.82 Å². The average molecular weight is 381 g/mol. The largest absolute Gasteiger partial charge is 0.494 e. The van der Waals surface area contributed by atoms with E-state index in [0.717, 1.165) is 28.6 Å². The van der Waals surface area contributed by atoms with Gasteiger partial charge in [0.05, 0.1) is 23.8 Å². The molecule has 2 rings (SSSR count). The van der Waals surface area contributed by atoms with Crippen molar-refractivity contribution in [1.29, 1.82) is 0 Å². The van der Waals surface area contributed by atoms with E-state index in [0.29, 0.717) is 12.4 Å². The van der Waals surface area contributed by atoms with Gasteiger partial charge in [0.15, 0.2) is 0 Å². The number of carbonyl (C=O) groups is 1. The third kappa shape index (κ3) is 4.72. The molecule has 2 aromatic rings. The Morgan fingerprint density at radius 2 is 1.62 bits per heavy atom. The van der Waals surface area contributed by atoms with Gasteiger partial charge in [0.25, 0.3) is 10.0 Å². The molecule has 0 N–H and O–H groups in total. The van der Waals surface area contributed by atoms with E-state index in [1.54, 1.807) is 19.1 Å². The van der Waals surface area contributed by atoms with Crippen LogP contribution in [-0.2, 0) is 19.6 Å². The van der Waals surface area contributed by atoms with Gasteiger partial charge in [0.2, 0.25) is 0 Å². The zero-order chi connectivity index (χ0) is 19.2. The average Bonchev–Trinajstić information content (AvgIpc) is 2.61. The van der Waals surface area contributed by atoms with Gasteiger partial charge in [0.1, 0.15) is 18.1 Å². The number of nitrogens with zero attached hydrogens (tertiary/aromatic N) is 1. The standard InChI is InChI=1S/C18H20FNO5S/c1-3-24-16-9-7-15(8-10-16)20(13-18(21)25-4-2)26(22,23)17-11-5-14(19)6-12-17/h5-12H,3-4,13H2,1-2H3. The molecule has 0 unspecified atom stereocenters. The molecular formula is C18H20FNO5S. The maximum absolute atomic E-state index is 13.1. The Morgan fingerprint density at radius 1 is 1.00 bits per heavy atom. The second kappa shape index (κ2) is 8.66. The molecule has 0 aliphatic rings. The molecule has 0 aliphatic heterocycles. The van der Waals surface area contributed by atoms with Crippen LogP contribution in [0.5, 0.6) is 5.75 Å². The van der Waals surface area contributed by atoms with Crippen molar-refractivity contribution in [2.45, 2.75) is 18.7 Å². The second-order valence-electron chi connectivity index (χ2n) is 5.20. The molecule has 0 heterocycles. The second-order valence-corrected chi connectivity index (χ2v) is 7.06. The first-order chi connectivity index (χ1) is 12.4. The van der Waals surface area contributed by atoms with Crippen molar-refractivity contribution in [1.82, 2.24) is 0 Å². The predicted octanol–water partition coefficient (Wildman–Crippen LogP) is 2.98. The van der Waals surface area contributed by atoms with E-state index in [1.807, 2.05) is 6.92 Å². The van der Waals surface area contributed by atoms with Crippen molar-refractivity contribution >= 4 is 21.7 Å². The molecule has 0 fully saturated rings. The van der Waals surface area contributed by atoms with Crippen LogP contribution < -0.4 is 9.04 Å². The molecular weight excluding hydrogens is 361 g/mol. The van der Waals surface area contributed by atoms with Crippen LogP contribution in [0.1, 0.15) is 13.8 Å². The topological polar surface area (TPSA) is 72.9 Å². The maximum Gasteiger partial charge on any atom is 0.326 e. The van der Waals surface area contributed by atoms with Crippen LogP contribution in [0.4, 0.5) is 10.1 Å². The molecule has 0 saturated heterocycles. The van der Waals surface area contributed by atoms with E-state index in [2.05, 4.69) is 0 Å². The highest BCUT2D eigenvalue weighted by Gasteiger charge is 2.27. The normalized spacial score (nSPS) is 11.0. The number of hydrogen-bond acceptors (Lipinski definition) is 5. The van der Waals surface area contributed by atoms with Crippen LogP contribution in [0.15, 0.2) is 53.4 Å². The lowest BCUT2D eigenvalue weighted by molar-refractivity contribution is -0.141. The summed E-state index contributed by atoms with van der Waals surface area (Å²) in [4.78, 5) is 11.8. The Bertz CT molecular complexity index is 835. The van der Waals surface area contributed by atoms with Gasteiger partial charge < -0.3 is 9.47 Å². The fourth-order valence-electron chi connectivity index (χ4n) is 2.25. The fourth-order valence-corrected chi connectivity index (χ4v) is 3.66. The summed E-state index contributed by atoms with van der Waals surface area (Å²) >= 11 is 0. The first kappa shape index (κ1) is 19.7. The van der Waals surface area contributed by atoms with E-state index in [4.69, 9.17) is 9.47 Å². The lowest BCUT2D eigenvalue weighted by Crippen LogP contribution is -2.36. The molecule has 0 amide bonds. The Labute approximate surface area is 152 Å². The molecule has 0 bridgehead atoms. The molecule has 0 spiro atoms. The number of carbonyl (C=O) groups excluding carboxylic acids is 1. The molecule has 0 aliphatic carbocycles. The van der Waals surface area contributed by atoms with Gasteiger partial charge in [-0.15, -0.1) is 0 Å². The van der Waals surface area contributed by atoms with Crippen LogP contribution in [-0.4, -0.2) is 34.1 Å². The summed E-state index contributed by atoms with van der Waals surface area (Å²) in [6, 6.07) is 10.7. The highest BCUT2D eigenvalue weighted by Crippen LogP contribution is 2.26. The summed E-state index contributed by atoms with van der Waals surface area (Å²) < 4.78 is 50.2. The minimum absolute atomic E-state index is 0.128. The van der Waals surface area contributed by atoms with Crippen molar-refractivity contribution in [2.24, 2.45) is 0 Å². The molecule has 0 aromatic heterocycles. The van der Waals surface area contributed by atoms with Crippen LogP contribution in [0.3, 0.4) is 0 Å². The van der Waals surface area contributed by atoms with Gasteiger partial charge in [-0.05, 0) is 62.4 Å². The minimum atomic E-state index is -4.08. The molecule has 26 heavy (non-hydrogen) atoms. The van der Waals surface area contributed by atoms with Crippen molar-refractivity contribution in [3.8, 4) is 5.75 Å². The highest BCUT2D eigenvalue weighted by molar-refractivity contribution is 7.92. The number of rotatable bonds is 8. The van der Waals surface area contributed by atoms with Gasteiger partial charge in [-0.2, -0.15) is 0 Å². The Morgan fingerprint density at radius 3 is 2.15 bits per heavy atom. The number of anilines is 1. The number of benzene rings is 2. The number of ether oxygens (including phenoxy) is 2. The van der Waals surface area contributed by atoms with E-state index >= 15 is 0 Å². The quantitative estimate of drug-likeness (QED) is 0.658. The van der Waals surface area contributed by atoms with Gasteiger partial charge in [-0.1, -0.05) is 0 Å². The van der Waals surface area contributed by atoms with Gasteiger partial charge in [-0.25, -0.2) is 12.8 Å². The van der Waals surface area contributed by atoms with Gasteiger partial charge in [-0.3, -0.25) is 9.10 Å². The van der Waals surface area contributed by atoms with Crippen LogP contribution in [0.2, 0.25) is 0 Å². The number of esters is 1. The molecule has 2 aromatic carbocycles. The SMILES string of the molecule is CCOC(=O)CN(c1ccc(OCC)cc1)S(=O)(=O)c1ccc(F)cc1. The molecule has 140 valence electrons. The lowest BCUT2D eigenvalue weighted by Gasteiger charge is -2.23. The minimum Gasteiger partial charge on any atom is -0.494 e. The smallest absolute Gasteiger partial charge is 0.326 e. The summed E-state index contributed by atoms with van der Waals surface area (Å²) in [6.07, 6.45) is 0. The zero-order valence-corrected chi connectivity index (χ0v) is 15.3. The van der Waals surface area contributed by atoms with Crippen LogP contribution in [0.25, 0.3) is 0 Å². The zero-order valence-electron chi connectivity index (χ0n) is 14.5. The molecule has 6 nitrogen and oxygen atoms in total. The number of sulfonamides is 1. The highest BCUT2D eigenvalue weighted by atomic mass is 32.2. The number of hydrogen-bond donors (Lipinski definition) is 0. The summed E-state index contributed by atoms with van der Waals surface area (Å²) in [6.45, 7) is 3.57. The molecule has 0 saturated carbocycles. The third-order valence-electron chi connectivity index (χ3n) is 3.42. The van der Waals surface area contributed by atoms with Gasteiger partial charge >= 0.3 is 5.97 Å². The Balaban J connectivity index is 2.42. The van der Waals surface area contributed by atoms with Crippen molar-refractivity contribution in [3.05, 3.63) is 54.3 Å². The van der Waals surface area contributed by atoms with Crippen molar-refractivity contribution in [3.63, 3.8) is 0 Å². The summed E-state index contributed by atoms with van der Waals surface area (Å²) in [5.74, 6) is -0.666. The van der Waals surface area contributed by atoms with Crippen LogP contribution >= 0.6 is 0 Å². The predicted molar refractivity (Wildman–Crippen MR) is 95.2 cm³/mol. The fraction of sp³-hybridized carbons (Fsp3) is 0.278. The first-order valence-electron chi connectivity index (χ1n) is 8.05.